The largest absolute Gasteiger partial charge is 0.472 e. The van der Waals surface area contributed by atoms with Crippen molar-refractivity contribution in [3.05, 3.63) is 40.5 Å². The van der Waals surface area contributed by atoms with Gasteiger partial charge in [-0.05, 0) is 36.8 Å². The molecule has 0 N–H and O–H groups in total. The lowest BCUT2D eigenvalue weighted by molar-refractivity contribution is 0.0531. The summed E-state index contributed by atoms with van der Waals surface area (Å²) >= 11 is 1.50. The maximum atomic E-state index is 12.5. The summed E-state index contributed by atoms with van der Waals surface area (Å²) < 4.78 is 5.84. The monoisotopic (exact) mass is 303 g/mol. The van der Waals surface area contributed by atoms with Crippen LogP contribution >= 0.6 is 11.3 Å². The molecule has 6 heteroatoms. The number of rotatable bonds is 3. The number of nitrogens with zero attached hydrogens (tertiary/aromatic N) is 3. The van der Waals surface area contributed by atoms with Crippen LogP contribution < -0.4 is 4.74 Å². The van der Waals surface area contributed by atoms with Gasteiger partial charge in [0.05, 0.1) is 11.4 Å². The molecule has 5 nitrogen and oxygen atoms in total. The van der Waals surface area contributed by atoms with E-state index in [1.54, 1.807) is 12.3 Å². The highest BCUT2D eigenvalue weighted by atomic mass is 32.1. The summed E-state index contributed by atoms with van der Waals surface area (Å²) in [5.41, 5.74) is 1.13. The minimum absolute atomic E-state index is 0.00124. The molecule has 3 rings (SSSR count). The molecule has 0 bridgehead atoms. The van der Waals surface area contributed by atoms with Crippen LogP contribution in [0, 0.1) is 6.92 Å². The topological polar surface area (TPSA) is 55.3 Å². The first-order valence-electron chi connectivity index (χ1n) is 6.99. The van der Waals surface area contributed by atoms with Gasteiger partial charge in [0.1, 0.15) is 12.4 Å². The van der Waals surface area contributed by atoms with Crippen molar-refractivity contribution in [1.29, 1.82) is 0 Å². The van der Waals surface area contributed by atoms with Gasteiger partial charge in [0, 0.05) is 18.8 Å². The summed E-state index contributed by atoms with van der Waals surface area (Å²) in [5, 5.41) is 2.01. The number of piperidine rings is 1. The Morgan fingerprint density at radius 3 is 3.14 bits per heavy atom. The molecule has 110 valence electrons. The second-order valence-corrected chi connectivity index (χ2v) is 6.08. The molecule has 2 aromatic heterocycles. The van der Waals surface area contributed by atoms with Gasteiger partial charge in [-0.25, -0.2) is 9.97 Å². The van der Waals surface area contributed by atoms with Gasteiger partial charge < -0.3 is 9.64 Å². The number of amides is 1. The number of likely N-dealkylation sites (tertiary alicyclic amines) is 1. The predicted octanol–water partition coefficient (Wildman–Crippen LogP) is 2.53. The third-order valence-electron chi connectivity index (χ3n) is 3.45. The maximum absolute atomic E-state index is 12.5. The Labute approximate surface area is 127 Å². The van der Waals surface area contributed by atoms with Crippen LogP contribution in [0.25, 0.3) is 0 Å². The third kappa shape index (κ3) is 3.39. The molecular weight excluding hydrogens is 286 g/mol. The fourth-order valence-corrected chi connectivity index (χ4v) is 3.30. The van der Waals surface area contributed by atoms with Gasteiger partial charge in [0.25, 0.3) is 5.91 Å². The van der Waals surface area contributed by atoms with Crippen LogP contribution in [0.15, 0.2) is 30.0 Å². The van der Waals surface area contributed by atoms with Crippen molar-refractivity contribution in [2.24, 2.45) is 0 Å². The van der Waals surface area contributed by atoms with E-state index in [9.17, 15) is 4.79 Å². The van der Waals surface area contributed by atoms with Gasteiger partial charge in [-0.2, -0.15) is 0 Å². The highest BCUT2D eigenvalue weighted by Gasteiger charge is 2.26. The van der Waals surface area contributed by atoms with E-state index in [4.69, 9.17) is 4.74 Å². The van der Waals surface area contributed by atoms with E-state index in [0.717, 1.165) is 29.8 Å². The lowest BCUT2D eigenvalue weighted by Gasteiger charge is -2.32. The van der Waals surface area contributed by atoms with E-state index >= 15 is 0 Å². The van der Waals surface area contributed by atoms with Crippen molar-refractivity contribution in [1.82, 2.24) is 14.9 Å². The van der Waals surface area contributed by atoms with Crippen molar-refractivity contribution < 1.29 is 9.53 Å². The Morgan fingerprint density at radius 2 is 2.43 bits per heavy atom. The fourth-order valence-electron chi connectivity index (χ4n) is 2.44. The van der Waals surface area contributed by atoms with Crippen molar-refractivity contribution in [3.8, 4) is 5.88 Å². The fraction of sp³-hybridized carbons (Fsp3) is 0.400. The molecule has 0 spiro atoms. The molecule has 3 heterocycles. The van der Waals surface area contributed by atoms with Crippen molar-refractivity contribution in [3.63, 3.8) is 0 Å². The number of hydrogen-bond donors (Lipinski definition) is 0. The number of carbonyl (C=O) groups is 1. The molecule has 1 aliphatic heterocycles. The molecule has 0 radical (unpaired) electrons. The minimum Gasteiger partial charge on any atom is -0.472 e. The second kappa shape index (κ2) is 6.22. The smallest absolute Gasteiger partial charge is 0.264 e. The van der Waals surface area contributed by atoms with E-state index in [2.05, 4.69) is 9.97 Å². The number of hydrogen-bond acceptors (Lipinski definition) is 5. The molecule has 1 aliphatic rings. The van der Waals surface area contributed by atoms with Crippen molar-refractivity contribution in [2.45, 2.75) is 25.9 Å². The number of ether oxygens (including phenoxy) is 1. The van der Waals surface area contributed by atoms with Gasteiger partial charge in [-0.3, -0.25) is 4.79 Å². The Bertz CT molecular complexity index is 614. The van der Waals surface area contributed by atoms with Gasteiger partial charge in [-0.1, -0.05) is 0 Å². The molecule has 1 atom stereocenters. The zero-order valence-corrected chi connectivity index (χ0v) is 12.7. The first-order chi connectivity index (χ1) is 10.2. The van der Waals surface area contributed by atoms with Crippen LogP contribution in [-0.4, -0.2) is 40.0 Å². The molecular formula is C15H17N3O2S. The number of aryl methyl sites for hydroxylation is 1. The zero-order chi connectivity index (χ0) is 14.7. The molecule has 0 aliphatic carbocycles. The van der Waals surface area contributed by atoms with Gasteiger partial charge in [0.2, 0.25) is 5.88 Å². The van der Waals surface area contributed by atoms with Crippen LogP contribution in [-0.2, 0) is 0 Å². The lowest BCUT2D eigenvalue weighted by Crippen LogP contribution is -2.44. The SMILES string of the molecule is Cc1csc(C(=O)N2CCCC(Oc3ccncn3)C2)c1. The van der Waals surface area contributed by atoms with Gasteiger partial charge >= 0.3 is 0 Å². The van der Waals surface area contributed by atoms with E-state index in [1.165, 1.54) is 17.7 Å². The van der Waals surface area contributed by atoms with Gasteiger partial charge in [-0.15, -0.1) is 11.3 Å². The summed E-state index contributed by atoms with van der Waals surface area (Å²) in [6.45, 7) is 3.41. The summed E-state index contributed by atoms with van der Waals surface area (Å²) in [7, 11) is 0. The molecule has 1 unspecified atom stereocenters. The van der Waals surface area contributed by atoms with E-state index in [1.807, 2.05) is 23.3 Å². The van der Waals surface area contributed by atoms with Crippen LogP contribution in [0.1, 0.15) is 28.1 Å². The maximum Gasteiger partial charge on any atom is 0.264 e. The van der Waals surface area contributed by atoms with E-state index in [-0.39, 0.29) is 12.0 Å². The standard InChI is InChI=1S/C15H17N3O2S/c1-11-7-13(21-9-11)15(19)18-6-2-3-12(8-18)20-14-4-5-16-10-17-14/h4-5,7,9-10,12H,2-3,6,8H2,1H3. The van der Waals surface area contributed by atoms with E-state index in [0.29, 0.717) is 12.4 Å². The van der Waals surface area contributed by atoms with E-state index < -0.39 is 0 Å². The number of carbonyl (C=O) groups excluding carboxylic acids is 1. The molecule has 1 fully saturated rings. The van der Waals surface area contributed by atoms with Crippen LogP contribution in [0.5, 0.6) is 5.88 Å². The van der Waals surface area contributed by atoms with Crippen molar-refractivity contribution >= 4 is 17.2 Å². The van der Waals surface area contributed by atoms with Crippen LogP contribution in [0.3, 0.4) is 0 Å². The number of aromatic nitrogens is 2. The van der Waals surface area contributed by atoms with Crippen LogP contribution in [0.4, 0.5) is 0 Å². The highest BCUT2D eigenvalue weighted by molar-refractivity contribution is 7.12. The lowest BCUT2D eigenvalue weighted by atomic mass is 10.1. The quantitative estimate of drug-likeness (QED) is 0.874. The summed E-state index contributed by atoms with van der Waals surface area (Å²) in [6.07, 6.45) is 5.01. The molecule has 0 saturated carbocycles. The van der Waals surface area contributed by atoms with Crippen molar-refractivity contribution in [2.75, 3.05) is 13.1 Å². The average Bonchev–Trinajstić information content (AvgIpc) is 2.94. The Morgan fingerprint density at radius 1 is 1.52 bits per heavy atom. The first kappa shape index (κ1) is 14.0. The molecule has 1 saturated heterocycles. The predicted molar refractivity (Wildman–Crippen MR) is 80.6 cm³/mol. The molecule has 1 amide bonds. The highest BCUT2D eigenvalue weighted by Crippen LogP contribution is 2.21. The Hall–Kier alpha value is -1.95. The molecule has 21 heavy (non-hydrogen) atoms. The molecule has 0 aromatic carbocycles. The normalized spacial score (nSPS) is 18.5. The minimum atomic E-state index is -0.00124. The first-order valence-corrected chi connectivity index (χ1v) is 7.87. The zero-order valence-electron chi connectivity index (χ0n) is 11.9. The molecule has 2 aromatic rings. The average molecular weight is 303 g/mol. The summed E-state index contributed by atoms with van der Waals surface area (Å²) in [4.78, 5) is 23.1. The Kier molecular flexibility index (Phi) is 4.15. The summed E-state index contributed by atoms with van der Waals surface area (Å²) in [5.74, 6) is 0.667. The van der Waals surface area contributed by atoms with Gasteiger partial charge in [0.15, 0.2) is 0 Å². The number of thiophene rings is 1. The van der Waals surface area contributed by atoms with Crippen LogP contribution in [0.2, 0.25) is 0 Å². The summed E-state index contributed by atoms with van der Waals surface area (Å²) in [6, 6.07) is 3.69. The third-order valence-corrected chi connectivity index (χ3v) is 4.48. The Balaban J connectivity index is 1.64. The second-order valence-electron chi connectivity index (χ2n) is 5.17.